The number of sulfone groups is 1. The van der Waals surface area contributed by atoms with Gasteiger partial charge in [-0.3, -0.25) is 10.1 Å². The van der Waals surface area contributed by atoms with Gasteiger partial charge in [-0.1, -0.05) is 37.3 Å². The van der Waals surface area contributed by atoms with Gasteiger partial charge in [-0.25, -0.2) is 13.4 Å². The summed E-state index contributed by atoms with van der Waals surface area (Å²) < 4.78 is 47.8. The van der Waals surface area contributed by atoms with Crippen LogP contribution < -0.4 is 14.8 Å². The van der Waals surface area contributed by atoms with Crippen LogP contribution >= 0.6 is 11.3 Å². The third-order valence-corrected chi connectivity index (χ3v) is 8.90. The second kappa shape index (κ2) is 10.1. The number of aromatic nitrogens is 1. The zero-order chi connectivity index (χ0) is 26.2. The van der Waals surface area contributed by atoms with Crippen molar-refractivity contribution in [1.29, 1.82) is 0 Å². The predicted molar refractivity (Wildman–Crippen MR) is 139 cm³/mol. The van der Waals surface area contributed by atoms with Crippen molar-refractivity contribution < 1.29 is 32.2 Å². The van der Waals surface area contributed by atoms with Crippen LogP contribution in [0.4, 0.5) is 5.13 Å². The fourth-order valence-corrected chi connectivity index (χ4v) is 5.85. The predicted octanol–water partition coefficient (Wildman–Crippen LogP) is 4.97. The molecule has 0 saturated heterocycles. The molecule has 37 heavy (non-hydrogen) atoms. The smallest absolute Gasteiger partial charge is 0.271 e. The van der Waals surface area contributed by atoms with Crippen LogP contribution in [0.25, 0.3) is 10.2 Å². The summed E-state index contributed by atoms with van der Waals surface area (Å²) in [7, 11) is -1.76. The van der Waals surface area contributed by atoms with Crippen LogP contribution in [0, 0.1) is 5.92 Å². The largest absolute Gasteiger partial charge is 0.501 e. The van der Waals surface area contributed by atoms with Crippen molar-refractivity contribution in [2.75, 3.05) is 25.0 Å². The number of nitrogens with one attached hydrogen (secondary N) is 1. The second-order valence-electron chi connectivity index (χ2n) is 8.66. The third kappa shape index (κ3) is 5.14. The lowest BCUT2D eigenvalue weighted by Crippen LogP contribution is -2.25. The Morgan fingerprint density at radius 1 is 1.19 bits per heavy atom. The minimum absolute atomic E-state index is 0.0115. The van der Waals surface area contributed by atoms with E-state index < -0.39 is 21.8 Å². The summed E-state index contributed by atoms with van der Waals surface area (Å²) in [5, 5.41) is 3.26. The van der Waals surface area contributed by atoms with E-state index in [-0.39, 0.29) is 23.4 Å². The van der Waals surface area contributed by atoms with E-state index in [2.05, 4.69) is 10.3 Å². The van der Waals surface area contributed by atoms with Crippen molar-refractivity contribution >= 4 is 42.4 Å². The van der Waals surface area contributed by atoms with Crippen molar-refractivity contribution in [3.05, 3.63) is 65.6 Å². The number of ether oxygens (including phenoxy) is 4. The highest BCUT2D eigenvalue weighted by atomic mass is 32.2. The van der Waals surface area contributed by atoms with E-state index in [1.165, 1.54) is 23.5 Å². The quantitative estimate of drug-likeness (QED) is 0.425. The van der Waals surface area contributed by atoms with Crippen molar-refractivity contribution in [2.45, 2.75) is 31.3 Å². The second-order valence-corrected chi connectivity index (χ2v) is 12.0. The Morgan fingerprint density at radius 2 is 1.92 bits per heavy atom. The van der Waals surface area contributed by atoms with Gasteiger partial charge in [-0.05, 0) is 24.3 Å². The number of nitrogens with zero attached hydrogens (tertiary/aromatic N) is 1. The van der Waals surface area contributed by atoms with Crippen LogP contribution in [-0.2, 0) is 24.1 Å². The first-order valence-electron chi connectivity index (χ1n) is 11.7. The maximum absolute atomic E-state index is 13.5. The fourth-order valence-electron chi connectivity index (χ4n) is 4.08. The first-order chi connectivity index (χ1) is 17.8. The van der Waals surface area contributed by atoms with Crippen molar-refractivity contribution in [1.82, 2.24) is 4.98 Å². The van der Waals surface area contributed by atoms with E-state index in [1.807, 2.05) is 19.1 Å². The topological polar surface area (TPSA) is 113 Å². The monoisotopic (exact) mass is 542 g/mol. The van der Waals surface area contributed by atoms with E-state index in [0.717, 1.165) is 10.5 Å². The zero-order valence-corrected chi connectivity index (χ0v) is 22.1. The number of methoxy groups -OCH3 is 1. The lowest BCUT2D eigenvalue weighted by Gasteiger charge is -2.26. The van der Waals surface area contributed by atoms with Crippen LogP contribution in [0.2, 0.25) is 0 Å². The van der Waals surface area contributed by atoms with Gasteiger partial charge in [0, 0.05) is 30.0 Å². The van der Waals surface area contributed by atoms with E-state index >= 15 is 0 Å². The molecule has 0 bridgehead atoms. The molecule has 5 rings (SSSR count). The third-order valence-electron chi connectivity index (χ3n) is 6.22. The number of hydrogen-bond donors (Lipinski definition) is 1. The highest BCUT2D eigenvalue weighted by Gasteiger charge is 2.28. The normalized spacial score (nSPS) is 17.6. The Balaban J connectivity index is 1.44. The van der Waals surface area contributed by atoms with Crippen molar-refractivity contribution in [2.24, 2.45) is 5.92 Å². The molecule has 0 fully saturated rings. The maximum Gasteiger partial charge on any atom is 0.271 e. The Labute approximate surface area is 218 Å². The number of hydrogen-bond acceptors (Lipinski definition) is 9. The molecule has 2 aromatic carbocycles. The molecule has 11 heteroatoms. The molecule has 2 atom stereocenters. The summed E-state index contributed by atoms with van der Waals surface area (Å²) in [6, 6.07) is 9.82. The molecular weight excluding hydrogens is 516 g/mol. The van der Waals surface area contributed by atoms with Gasteiger partial charge in [0.1, 0.15) is 5.76 Å². The van der Waals surface area contributed by atoms with E-state index in [1.54, 1.807) is 38.3 Å². The molecule has 1 aromatic heterocycles. The van der Waals surface area contributed by atoms with Gasteiger partial charge in [0.15, 0.2) is 26.5 Å². The lowest BCUT2D eigenvalue weighted by atomic mass is 9.98. The molecule has 9 nitrogen and oxygen atoms in total. The number of carbonyl (C=O) groups is 1. The van der Waals surface area contributed by atoms with E-state index in [4.69, 9.17) is 18.9 Å². The molecule has 3 aromatic rings. The average molecular weight is 543 g/mol. The summed E-state index contributed by atoms with van der Waals surface area (Å²) in [4.78, 5) is 18.2. The first kappa shape index (κ1) is 25.1. The molecule has 2 aliphatic rings. The molecule has 1 aliphatic carbocycles. The van der Waals surface area contributed by atoms with Gasteiger partial charge in [-0.15, -0.1) is 0 Å². The highest BCUT2D eigenvalue weighted by molar-refractivity contribution is 7.91. The number of fused-ring (bicyclic) bond motifs is 2. The summed E-state index contributed by atoms with van der Waals surface area (Å²) >= 11 is 1.31. The number of benzene rings is 2. The molecule has 2 unspecified atom stereocenters. The highest BCUT2D eigenvalue weighted by Crippen LogP contribution is 2.39. The Bertz CT molecular complexity index is 1470. The molecule has 1 aliphatic heterocycles. The Hall–Kier alpha value is -3.57. The number of rotatable bonds is 8. The van der Waals surface area contributed by atoms with Gasteiger partial charge < -0.3 is 18.9 Å². The summed E-state index contributed by atoms with van der Waals surface area (Å²) in [5.41, 5.74) is 1.20. The van der Waals surface area contributed by atoms with E-state index in [9.17, 15) is 13.2 Å². The minimum atomic E-state index is -3.38. The van der Waals surface area contributed by atoms with Crippen LogP contribution in [0.3, 0.4) is 0 Å². The molecule has 2 heterocycles. The summed E-state index contributed by atoms with van der Waals surface area (Å²) in [5.74, 6) is 2.24. The number of thiazole rings is 1. The van der Waals surface area contributed by atoms with Crippen LogP contribution in [-0.4, -0.2) is 39.0 Å². The summed E-state index contributed by atoms with van der Waals surface area (Å²) in [6.45, 7) is 3.75. The lowest BCUT2D eigenvalue weighted by molar-refractivity contribution is -0.126. The molecule has 1 N–H and O–H groups in total. The SMILES string of the molecule is CCS(=O)(=O)c1ccc(C(OC2=CC=C(OC)CC2C)C(=O)Nc2nc3cc4c(cc3s2)OCO4)cc1. The first-order valence-corrected chi connectivity index (χ1v) is 14.2. The standard InChI is InChI=1S/C26H26N2O7S2/c1-4-37(30,31)18-8-5-16(6-9-18)24(35-20-10-7-17(32-3)11-15(20)2)25(29)28-26-27-19-12-21-22(34-14-33-21)13-23(19)36-26/h5-10,12-13,15,24H,4,11,14H2,1-3H3,(H,27,28,29). The van der Waals surface area contributed by atoms with Gasteiger partial charge in [-0.2, -0.15) is 0 Å². The van der Waals surface area contributed by atoms with Crippen LogP contribution in [0.5, 0.6) is 11.5 Å². The Morgan fingerprint density at radius 3 is 2.59 bits per heavy atom. The fraction of sp³-hybridized carbons (Fsp3) is 0.308. The molecule has 0 radical (unpaired) electrons. The Kier molecular flexibility index (Phi) is 6.82. The van der Waals surface area contributed by atoms with Gasteiger partial charge in [0.05, 0.1) is 33.7 Å². The van der Waals surface area contributed by atoms with Crippen LogP contribution in [0.1, 0.15) is 31.9 Å². The van der Waals surface area contributed by atoms with Crippen LogP contribution in [0.15, 0.2) is 65.0 Å². The van der Waals surface area contributed by atoms with Gasteiger partial charge >= 0.3 is 0 Å². The number of anilines is 1. The molecule has 194 valence electrons. The van der Waals surface area contributed by atoms with Crippen molar-refractivity contribution in [3.8, 4) is 11.5 Å². The van der Waals surface area contributed by atoms with Crippen molar-refractivity contribution in [3.63, 3.8) is 0 Å². The van der Waals surface area contributed by atoms with Gasteiger partial charge in [0.2, 0.25) is 12.9 Å². The molecular formula is C26H26N2O7S2. The molecule has 1 amide bonds. The molecule has 0 spiro atoms. The maximum atomic E-state index is 13.5. The van der Waals surface area contributed by atoms with Gasteiger partial charge in [0.25, 0.3) is 5.91 Å². The minimum Gasteiger partial charge on any atom is -0.501 e. The number of carbonyl (C=O) groups excluding carboxylic acids is 1. The van der Waals surface area contributed by atoms with E-state index in [0.29, 0.717) is 39.9 Å². The molecule has 0 saturated carbocycles. The number of allylic oxidation sites excluding steroid dienone is 4. The summed E-state index contributed by atoms with van der Waals surface area (Å²) in [6.07, 6.45) is 3.21. The number of amides is 1. The zero-order valence-electron chi connectivity index (χ0n) is 20.5. The average Bonchev–Trinajstić information content (AvgIpc) is 3.51.